The Morgan fingerprint density at radius 2 is 1.82 bits per heavy atom. The van der Waals surface area contributed by atoms with Gasteiger partial charge >= 0.3 is 5.97 Å². The number of aromatic nitrogens is 2. The van der Waals surface area contributed by atoms with E-state index in [-0.39, 0.29) is 6.42 Å². The van der Waals surface area contributed by atoms with Crippen LogP contribution in [0, 0.1) is 0 Å². The Morgan fingerprint density at radius 3 is 2.68 bits per heavy atom. The maximum atomic E-state index is 10.5. The normalized spacial score (nSPS) is 11.1. The molecule has 0 spiro atoms. The number of carboxylic acid groups (broad SMARTS) is 1. The highest BCUT2D eigenvalue weighted by Crippen LogP contribution is 2.25. The van der Waals surface area contributed by atoms with Gasteiger partial charge in [0.25, 0.3) is 0 Å². The lowest BCUT2D eigenvalue weighted by molar-refractivity contribution is -0.137. The van der Waals surface area contributed by atoms with Gasteiger partial charge in [-0.3, -0.25) is 14.8 Å². The standard InChI is InChI=1S/C18H18N2O2/c21-16(22)7-3-1-2-5-13-10-12-20-18-15(13)9-8-14-6-4-11-19-17(14)18/h4,6,8-12H,1-3,5,7H2,(H,21,22). The van der Waals surface area contributed by atoms with Crippen molar-refractivity contribution in [3.8, 4) is 0 Å². The van der Waals surface area contributed by atoms with Crippen molar-refractivity contribution in [3.05, 3.63) is 48.3 Å². The van der Waals surface area contributed by atoms with Gasteiger partial charge in [0.1, 0.15) is 0 Å². The van der Waals surface area contributed by atoms with Crippen LogP contribution in [0.4, 0.5) is 0 Å². The molecule has 0 saturated heterocycles. The van der Waals surface area contributed by atoms with Crippen LogP contribution in [0.5, 0.6) is 0 Å². The van der Waals surface area contributed by atoms with Crippen LogP contribution in [0.3, 0.4) is 0 Å². The summed E-state index contributed by atoms with van der Waals surface area (Å²) in [6.45, 7) is 0. The summed E-state index contributed by atoms with van der Waals surface area (Å²) < 4.78 is 0. The average molecular weight is 294 g/mol. The molecule has 3 aromatic rings. The zero-order chi connectivity index (χ0) is 15.4. The Kier molecular flexibility index (Phi) is 4.28. The summed E-state index contributed by atoms with van der Waals surface area (Å²) in [7, 11) is 0. The number of pyridine rings is 2. The molecular formula is C18H18N2O2. The van der Waals surface area contributed by atoms with Crippen molar-refractivity contribution >= 4 is 27.8 Å². The maximum Gasteiger partial charge on any atom is 0.303 e. The fraction of sp³-hybridized carbons (Fsp3) is 0.278. The third-order valence-electron chi connectivity index (χ3n) is 3.91. The van der Waals surface area contributed by atoms with Crippen molar-refractivity contribution in [1.82, 2.24) is 9.97 Å². The summed E-state index contributed by atoms with van der Waals surface area (Å²) in [4.78, 5) is 19.5. The van der Waals surface area contributed by atoms with Crippen LogP contribution in [0.1, 0.15) is 31.2 Å². The Morgan fingerprint density at radius 1 is 0.955 bits per heavy atom. The van der Waals surface area contributed by atoms with E-state index in [4.69, 9.17) is 5.11 Å². The fourth-order valence-corrected chi connectivity index (χ4v) is 2.80. The lowest BCUT2D eigenvalue weighted by Gasteiger charge is -2.07. The SMILES string of the molecule is O=C(O)CCCCCc1ccnc2c1ccc1cccnc12. The van der Waals surface area contributed by atoms with Gasteiger partial charge in [-0.1, -0.05) is 24.6 Å². The molecule has 0 amide bonds. The number of unbranched alkanes of at least 4 members (excludes halogenated alkanes) is 2. The lowest BCUT2D eigenvalue weighted by Crippen LogP contribution is -1.95. The number of fused-ring (bicyclic) bond motifs is 3. The monoisotopic (exact) mass is 294 g/mol. The average Bonchev–Trinajstić information content (AvgIpc) is 2.54. The molecule has 0 bridgehead atoms. The predicted octanol–water partition coefficient (Wildman–Crippen LogP) is 3.97. The first kappa shape index (κ1) is 14.4. The van der Waals surface area contributed by atoms with Crippen LogP contribution in [0.25, 0.3) is 21.8 Å². The molecule has 0 aliphatic carbocycles. The van der Waals surface area contributed by atoms with Gasteiger partial charge in [0.15, 0.2) is 0 Å². The first-order valence-corrected chi connectivity index (χ1v) is 7.59. The van der Waals surface area contributed by atoms with E-state index in [0.717, 1.165) is 47.5 Å². The van der Waals surface area contributed by atoms with E-state index in [1.807, 2.05) is 24.4 Å². The van der Waals surface area contributed by atoms with E-state index in [2.05, 4.69) is 22.1 Å². The van der Waals surface area contributed by atoms with Crippen molar-refractivity contribution in [3.63, 3.8) is 0 Å². The van der Waals surface area contributed by atoms with E-state index >= 15 is 0 Å². The van der Waals surface area contributed by atoms with E-state index in [1.54, 1.807) is 6.20 Å². The molecule has 4 heteroatoms. The molecule has 0 fully saturated rings. The Bertz CT molecular complexity index is 814. The van der Waals surface area contributed by atoms with Crippen LogP contribution in [-0.2, 0) is 11.2 Å². The van der Waals surface area contributed by atoms with Crippen LogP contribution in [0.15, 0.2) is 42.7 Å². The minimum Gasteiger partial charge on any atom is -0.481 e. The Balaban J connectivity index is 1.81. The first-order valence-electron chi connectivity index (χ1n) is 7.59. The molecule has 0 atom stereocenters. The minimum atomic E-state index is -0.716. The molecule has 0 unspecified atom stereocenters. The van der Waals surface area contributed by atoms with Crippen LogP contribution >= 0.6 is 0 Å². The first-order chi connectivity index (χ1) is 10.8. The maximum absolute atomic E-state index is 10.5. The molecule has 1 N–H and O–H groups in total. The molecule has 3 rings (SSSR count). The number of carboxylic acids is 1. The molecule has 2 heterocycles. The summed E-state index contributed by atoms with van der Waals surface area (Å²) in [5.41, 5.74) is 3.14. The molecule has 0 aliphatic rings. The molecule has 4 nitrogen and oxygen atoms in total. The van der Waals surface area contributed by atoms with Gasteiger partial charge in [-0.25, -0.2) is 0 Å². The van der Waals surface area contributed by atoms with E-state index in [0.29, 0.717) is 0 Å². The second-order valence-electron chi connectivity index (χ2n) is 5.46. The summed E-state index contributed by atoms with van der Waals surface area (Å²) in [6.07, 6.45) is 7.49. The van der Waals surface area contributed by atoms with Crippen LogP contribution in [0.2, 0.25) is 0 Å². The number of rotatable bonds is 6. The zero-order valence-corrected chi connectivity index (χ0v) is 12.3. The molecule has 2 aromatic heterocycles. The minimum absolute atomic E-state index is 0.256. The quantitative estimate of drug-likeness (QED) is 0.552. The molecule has 0 saturated carbocycles. The van der Waals surface area contributed by atoms with Gasteiger partial charge in [-0.15, -0.1) is 0 Å². The Labute approximate surface area is 128 Å². The van der Waals surface area contributed by atoms with Crippen LogP contribution < -0.4 is 0 Å². The molecular weight excluding hydrogens is 276 g/mol. The summed E-state index contributed by atoms with van der Waals surface area (Å²) >= 11 is 0. The number of hydrogen-bond donors (Lipinski definition) is 1. The second kappa shape index (κ2) is 6.52. The van der Waals surface area contributed by atoms with Gasteiger partial charge in [0.2, 0.25) is 0 Å². The van der Waals surface area contributed by atoms with Gasteiger partial charge in [-0.05, 0) is 37.0 Å². The van der Waals surface area contributed by atoms with E-state index in [9.17, 15) is 4.79 Å². The molecule has 22 heavy (non-hydrogen) atoms. The summed E-state index contributed by atoms with van der Waals surface area (Å²) in [5, 5.41) is 10.9. The highest BCUT2D eigenvalue weighted by Gasteiger charge is 2.06. The van der Waals surface area contributed by atoms with Crippen LogP contribution in [-0.4, -0.2) is 21.0 Å². The largest absolute Gasteiger partial charge is 0.481 e. The predicted molar refractivity (Wildman–Crippen MR) is 86.9 cm³/mol. The summed E-state index contributed by atoms with van der Waals surface area (Å²) in [5.74, 6) is -0.716. The lowest BCUT2D eigenvalue weighted by atomic mass is 10.0. The van der Waals surface area contributed by atoms with Gasteiger partial charge in [-0.2, -0.15) is 0 Å². The number of nitrogens with zero attached hydrogens (tertiary/aromatic N) is 2. The number of aliphatic carboxylic acids is 1. The fourth-order valence-electron chi connectivity index (χ4n) is 2.80. The van der Waals surface area contributed by atoms with Crippen molar-refractivity contribution in [2.75, 3.05) is 0 Å². The van der Waals surface area contributed by atoms with Gasteiger partial charge in [0, 0.05) is 29.6 Å². The van der Waals surface area contributed by atoms with E-state index < -0.39 is 5.97 Å². The highest BCUT2D eigenvalue weighted by molar-refractivity contribution is 6.03. The number of hydrogen-bond acceptors (Lipinski definition) is 3. The topological polar surface area (TPSA) is 63.1 Å². The third kappa shape index (κ3) is 3.06. The molecule has 112 valence electrons. The Hall–Kier alpha value is -2.49. The van der Waals surface area contributed by atoms with Gasteiger partial charge in [0.05, 0.1) is 11.0 Å². The van der Waals surface area contributed by atoms with Crippen molar-refractivity contribution in [1.29, 1.82) is 0 Å². The van der Waals surface area contributed by atoms with Crippen molar-refractivity contribution in [2.45, 2.75) is 32.1 Å². The summed E-state index contributed by atoms with van der Waals surface area (Å²) in [6, 6.07) is 10.2. The molecule has 1 aromatic carbocycles. The highest BCUT2D eigenvalue weighted by atomic mass is 16.4. The molecule has 0 aliphatic heterocycles. The number of carbonyl (C=O) groups is 1. The van der Waals surface area contributed by atoms with Crippen molar-refractivity contribution in [2.24, 2.45) is 0 Å². The van der Waals surface area contributed by atoms with Crippen molar-refractivity contribution < 1.29 is 9.90 Å². The zero-order valence-electron chi connectivity index (χ0n) is 12.3. The van der Waals surface area contributed by atoms with E-state index in [1.165, 1.54) is 5.56 Å². The second-order valence-corrected chi connectivity index (χ2v) is 5.46. The smallest absolute Gasteiger partial charge is 0.303 e. The number of aryl methyl sites for hydroxylation is 1. The number of benzene rings is 1. The van der Waals surface area contributed by atoms with Gasteiger partial charge < -0.3 is 5.11 Å². The third-order valence-corrected chi connectivity index (χ3v) is 3.91. The molecule has 0 radical (unpaired) electrons.